The van der Waals surface area contributed by atoms with Crippen molar-refractivity contribution in [3.63, 3.8) is 0 Å². The van der Waals surface area contributed by atoms with Crippen LogP contribution in [0.1, 0.15) is 32.2 Å². The second-order valence-corrected chi connectivity index (χ2v) is 6.15. The number of imidazole rings is 1. The number of aromatic amines is 1. The molecule has 2 heterocycles. The van der Waals surface area contributed by atoms with Gasteiger partial charge in [-0.2, -0.15) is 0 Å². The number of rotatable bonds is 3. The lowest BCUT2D eigenvalue weighted by atomic mass is 10.1. The standard InChI is InChI=1S/C15H19F2N3S/c1-10(9-19-7-3-2-4-8-19)20-14-12(18-15(20)21)6-5-11(16)13(14)17/h5-6,10H,2-4,7-9H2,1H3,(H,18,21). The van der Waals surface area contributed by atoms with E-state index in [2.05, 4.69) is 9.88 Å². The summed E-state index contributed by atoms with van der Waals surface area (Å²) in [6.07, 6.45) is 3.68. The first-order chi connectivity index (χ1) is 10.1. The van der Waals surface area contributed by atoms with Crippen molar-refractivity contribution >= 4 is 23.3 Å². The maximum absolute atomic E-state index is 14.1. The molecule has 1 saturated heterocycles. The molecule has 21 heavy (non-hydrogen) atoms. The molecule has 1 aliphatic rings. The average molecular weight is 311 g/mol. The third kappa shape index (κ3) is 2.74. The predicted molar refractivity (Wildman–Crippen MR) is 82.0 cm³/mol. The predicted octanol–water partition coefficient (Wildman–Crippen LogP) is 4.02. The number of fused-ring (bicyclic) bond motifs is 1. The lowest BCUT2D eigenvalue weighted by Gasteiger charge is -2.29. The fourth-order valence-corrected chi connectivity index (χ4v) is 3.55. The van der Waals surface area contributed by atoms with Crippen molar-refractivity contribution in [2.75, 3.05) is 19.6 Å². The first-order valence-corrected chi connectivity index (χ1v) is 7.79. The Hall–Kier alpha value is -1.27. The fourth-order valence-electron chi connectivity index (χ4n) is 3.17. The maximum atomic E-state index is 14.1. The maximum Gasteiger partial charge on any atom is 0.184 e. The van der Waals surface area contributed by atoms with Crippen LogP contribution in [-0.4, -0.2) is 34.1 Å². The molecule has 1 aromatic carbocycles. The van der Waals surface area contributed by atoms with E-state index in [1.165, 1.54) is 25.3 Å². The average Bonchev–Trinajstić information content (AvgIpc) is 2.81. The van der Waals surface area contributed by atoms with Gasteiger partial charge in [-0.1, -0.05) is 6.42 Å². The van der Waals surface area contributed by atoms with E-state index < -0.39 is 11.6 Å². The van der Waals surface area contributed by atoms with E-state index in [0.717, 1.165) is 25.7 Å². The van der Waals surface area contributed by atoms with E-state index in [-0.39, 0.29) is 11.6 Å². The van der Waals surface area contributed by atoms with E-state index in [1.54, 1.807) is 4.57 Å². The van der Waals surface area contributed by atoms with E-state index in [4.69, 9.17) is 12.2 Å². The molecule has 1 fully saturated rings. The van der Waals surface area contributed by atoms with Gasteiger partial charge in [0.15, 0.2) is 16.4 Å². The number of nitrogens with one attached hydrogen (secondary N) is 1. The number of piperidine rings is 1. The first kappa shape index (κ1) is 14.7. The molecule has 6 heteroatoms. The monoisotopic (exact) mass is 311 g/mol. The molecule has 1 aromatic heterocycles. The van der Waals surface area contributed by atoms with Gasteiger partial charge >= 0.3 is 0 Å². The van der Waals surface area contributed by atoms with Gasteiger partial charge in [0.05, 0.1) is 5.52 Å². The molecule has 3 rings (SSSR count). The number of aromatic nitrogens is 2. The van der Waals surface area contributed by atoms with Crippen molar-refractivity contribution in [1.29, 1.82) is 0 Å². The van der Waals surface area contributed by atoms with Gasteiger partial charge < -0.3 is 14.5 Å². The lowest BCUT2D eigenvalue weighted by molar-refractivity contribution is 0.202. The van der Waals surface area contributed by atoms with Crippen molar-refractivity contribution in [2.45, 2.75) is 32.2 Å². The molecule has 0 spiro atoms. The highest BCUT2D eigenvalue weighted by atomic mass is 32.1. The van der Waals surface area contributed by atoms with Gasteiger partial charge in [-0.3, -0.25) is 0 Å². The highest BCUT2D eigenvalue weighted by Crippen LogP contribution is 2.25. The Kier molecular flexibility index (Phi) is 4.08. The smallest absolute Gasteiger partial charge is 0.184 e. The van der Waals surface area contributed by atoms with E-state index in [0.29, 0.717) is 10.3 Å². The number of hydrogen-bond donors (Lipinski definition) is 1. The van der Waals surface area contributed by atoms with Gasteiger partial charge in [-0.25, -0.2) is 8.78 Å². The zero-order valence-corrected chi connectivity index (χ0v) is 12.8. The Bertz CT molecular complexity index is 701. The molecule has 0 aliphatic carbocycles. The van der Waals surface area contributed by atoms with Crippen LogP contribution in [0.5, 0.6) is 0 Å². The molecule has 1 unspecified atom stereocenters. The second kappa shape index (κ2) is 5.85. The fraction of sp³-hybridized carbons (Fsp3) is 0.533. The van der Waals surface area contributed by atoms with E-state index in [1.807, 2.05) is 6.92 Å². The Morgan fingerprint density at radius 1 is 1.24 bits per heavy atom. The van der Waals surface area contributed by atoms with Crippen LogP contribution in [-0.2, 0) is 0 Å². The van der Waals surface area contributed by atoms with Crippen LogP contribution in [0.15, 0.2) is 12.1 Å². The SMILES string of the molecule is CC(CN1CCCCC1)n1c(=S)[nH]c2ccc(F)c(F)c21. The van der Waals surface area contributed by atoms with E-state index >= 15 is 0 Å². The van der Waals surface area contributed by atoms with Crippen molar-refractivity contribution in [3.05, 3.63) is 28.5 Å². The van der Waals surface area contributed by atoms with Crippen molar-refractivity contribution in [3.8, 4) is 0 Å². The summed E-state index contributed by atoms with van der Waals surface area (Å²) < 4.78 is 29.8. The summed E-state index contributed by atoms with van der Waals surface area (Å²) >= 11 is 5.30. The van der Waals surface area contributed by atoms with Gasteiger partial charge in [0.2, 0.25) is 0 Å². The minimum Gasteiger partial charge on any atom is -0.330 e. The van der Waals surface area contributed by atoms with Crippen LogP contribution in [0.4, 0.5) is 8.78 Å². The van der Waals surface area contributed by atoms with Gasteiger partial charge in [-0.05, 0) is 57.2 Å². The highest BCUT2D eigenvalue weighted by Gasteiger charge is 2.20. The van der Waals surface area contributed by atoms with Crippen molar-refractivity contribution in [1.82, 2.24) is 14.5 Å². The third-order valence-corrected chi connectivity index (χ3v) is 4.48. The summed E-state index contributed by atoms with van der Waals surface area (Å²) in [5.41, 5.74) is 0.786. The number of halogens is 2. The Balaban J connectivity index is 1.97. The molecule has 1 N–H and O–H groups in total. The lowest BCUT2D eigenvalue weighted by Crippen LogP contribution is -2.34. The largest absolute Gasteiger partial charge is 0.330 e. The van der Waals surface area contributed by atoms with Crippen LogP contribution < -0.4 is 0 Å². The molecule has 2 aromatic rings. The van der Waals surface area contributed by atoms with Crippen molar-refractivity contribution < 1.29 is 8.78 Å². The molecule has 0 amide bonds. The zero-order valence-electron chi connectivity index (χ0n) is 12.0. The zero-order chi connectivity index (χ0) is 15.0. The number of nitrogens with zero attached hydrogens (tertiary/aromatic N) is 2. The number of hydrogen-bond acceptors (Lipinski definition) is 2. The molecule has 0 bridgehead atoms. The highest BCUT2D eigenvalue weighted by molar-refractivity contribution is 7.71. The van der Waals surface area contributed by atoms with E-state index in [9.17, 15) is 8.78 Å². The molecular weight excluding hydrogens is 292 g/mol. The summed E-state index contributed by atoms with van der Waals surface area (Å²) in [7, 11) is 0. The molecule has 114 valence electrons. The Morgan fingerprint density at radius 2 is 1.95 bits per heavy atom. The van der Waals surface area contributed by atoms with Gasteiger partial charge in [0, 0.05) is 12.6 Å². The third-order valence-electron chi connectivity index (χ3n) is 4.18. The molecule has 0 saturated carbocycles. The summed E-state index contributed by atoms with van der Waals surface area (Å²) in [6.45, 7) is 4.94. The summed E-state index contributed by atoms with van der Waals surface area (Å²) in [4.78, 5) is 5.33. The molecular formula is C15H19F2N3S. The topological polar surface area (TPSA) is 24.0 Å². The number of likely N-dealkylation sites (tertiary alicyclic amines) is 1. The summed E-state index contributed by atoms with van der Waals surface area (Å²) in [5.74, 6) is -1.67. The van der Waals surface area contributed by atoms with Crippen LogP contribution in [0.3, 0.4) is 0 Å². The quantitative estimate of drug-likeness (QED) is 0.866. The second-order valence-electron chi connectivity index (χ2n) is 5.77. The molecule has 1 atom stereocenters. The van der Waals surface area contributed by atoms with Crippen LogP contribution in [0.25, 0.3) is 11.0 Å². The molecule has 1 aliphatic heterocycles. The van der Waals surface area contributed by atoms with Gasteiger partial charge in [0.1, 0.15) is 5.52 Å². The minimum atomic E-state index is -0.838. The summed E-state index contributed by atoms with van der Waals surface area (Å²) in [6, 6.07) is 2.66. The van der Waals surface area contributed by atoms with Crippen LogP contribution in [0.2, 0.25) is 0 Å². The van der Waals surface area contributed by atoms with Crippen LogP contribution in [0, 0.1) is 16.4 Å². The van der Waals surface area contributed by atoms with Crippen molar-refractivity contribution in [2.24, 2.45) is 0 Å². The number of benzene rings is 1. The minimum absolute atomic E-state index is 0.000602. The molecule has 0 radical (unpaired) electrons. The van der Waals surface area contributed by atoms with Gasteiger partial charge in [-0.15, -0.1) is 0 Å². The number of H-pyrrole nitrogens is 1. The molecule has 3 nitrogen and oxygen atoms in total. The normalized spacial score (nSPS) is 18.2. The summed E-state index contributed by atoms with van der Waals surface area (Å²) in [5, 5.41) is 0. The first-order valence-electron chi connectivity index (χ1n) is 7.38. The van der Waals surface area contributed by atoms with Gasteiger partial charge in [0.25, 0.3) is 0 Å². The van der Waals surface area contributed by atoms with Crippen LogP contribution >= 0.6 is 12.2 Å². The Morgan fingerprint density at radius 3 is 2.67 bits per heavy atom. The Labute approximate surface area is 127 Å².